The summed E-state index contributed by atoms with van der Waals surface area (Å²) >= 11 is 0. The molecular formula is C27H26F2N5OP. The van der Waals surface area contributed by atoms with E-state index in [0.29, 0.717) is 50.1 Å². The summed E-state index contributed by atoms with van der Waals surface area (Å²) in [4.78, 5) is 13.5. The second-order valence-electron chi connectivity index (χ2n) is 9.31. The van der Waals surface area contributed by atoms with Crippen LogP contribution in [0.3, 0.4) is 0 Å². The molecule has 0 saturated heterocycles. The van der Waals surface area contributed by atoms with Gasteiger partial charge < -0.3 is 9.88 Å². The first-order chi connectivity index (χ1) is 16.9. The van der Waals surface area contributed by atoms with Gasteiger partial charge in [-0.15, -0.1) is 0 Å². The first kappa shape index (κ1) is 25.4. The molecule has 0 unspecified atom stereocenters. The van der Waals surface area contributed by atoms with Gasteiger partial charge in [-0.25, -0.2) is 13.8 Å². The lowest BCUT2D eigenvalue weighted by atomic mass is 10.0. The molecule has 0 amide bonds. The predicted octanol–water partition coefficient (Wildman–Crippen LogP) is 6.19. The minimum Gasteiger partial charge on any atom is -0.376 e. The average Bonchev–Trinajstić information content (AvgIpc) is 2.81. The molecule has 1 aromatic carbocycles. The Morgan fingerprint density at radius 2 is 1.78 bits per heavy atom. The minimum absolute atomic E-state index is 0.0968. The predicted molar refractivity (Wildman–Crippen MR) is 139 cm³/mol. The molecule has 0 saturated carbocycles. The monoisotopic (exact) mass is 505 g/mol. The summed E-state index contributed by atoms with van der Waals surface area (Å²) in [6.07, 6.45) is 1.49. The average molecular weight is 506 g/mol. The Kier molecular flexibility index (Phi) is 6.64. The van der Waals surface area contributed by atoms with Crippen LogP contribution in [-0.2, 0) is 4.57 Å². The highest BCUT2D eigenvalue weighted by atomic mass is 31.2. The molecule has 0 radical (unpaired) electrons. The molecule has 3 heterocycles. The van der Waals surface area contributed by atoms with E-state index in [2.05, 4.69) is 20.3 Å². The Bertz CT molecular complexity index is 1610. The number of benzene rings is 1. The summed E-state index contributed by atoms with van der Waals surface area (Å²) in [7, 11) is -2.58. The number of nitrogens with one attached hydrogen (secondary N) is 1. The number of halogens is 2. The summed E-state index contributed by atoms with van der Waals surface area (Å²) in [5, 5.41) is 12.5. The van der Waals surface area contributed by atoms with Gasteiger partial charge in [-0.2, -0.15) is 5.26 Å². The van der Waals surface area contributed by atoms with E-state index in [4.69, 9.17) is 0 Å². The first-order valence-electron chi connectivity index (χ1n) is 11.4. The highest BCUT2D eigenvalue weighted by Crippen LogP contribution is 2.37. The molecule has 1 N–H and O–H groups in total. The number of aryl methyl sites for hydroxylation is 2. The SMILES string of the molecule is Cc1cc(P(C)(C)=O)ncc1-c1nc2c(N[C@H](C)c3cc(C#N)ccc3F)c(C)c(C)nc2cc1F. The van der Waals surface area contributed by atoms with Crippen LogP contribution in [0, 0.1) is 43.7 Å². The summed E-state index contributed by atoms with van der Waals surface area (Å²) in [6, 6.07) is 8.75. The smallest absolute Gasteiger partial charge is 0.151 e. The number of aromatic nitrogens is 3. The van der Waals surface area contributed by atoms with Gasteiger partial charge in [-0.1, -0.05) is 0 Å². The zero-order valence-electron chi connectivity index (χ0n) is 20.9. The summed E-state index contributed by atoms with van der Waals surface area (Å²) < 4.78 is 42.3. The molecule has 0 aliphatic rings. The van der Waals surface area contributed by atoms with Crippen molar-refractivity contribution in [3.05, 3.63) is 76.1 Å². The van der Waals surface area contributed by atoms with Crippen molar-refractivity contribution in [3.63, 3.8) is 0 Å². The molecule has 3 aromatic heterocycles. The van der Waals surface area contributed by atoms with E-state index < -0.39 is 24.8 Å². The van der Waals surface area contributed by atoms with Crippen LogP contribution in [0.25, 0.3) is 22.3 Å². The van der Waals surface area contributed by atoms with Crippen molar-refractivity contribution < 1.29 is 13.3 Å². The van der Waals surface area contributed by atoms with E-state index in [1.165, 1.54) is 30.5 Å². The Hall–Kier alpha value is -3.69. The number of fused-ring (bicyclic) bond motifs is 1. The van der Waals surface area contributed by atoms with Crippen molar-refractivity contribution in [2.45, 2.75) is 33.7 Å². The fourth-order valence-electron chi connectivity index (χ4n) is 4.06. The van der Waals surface area contributed by atoms with Crippen LogP contribution in [0.5, 0.6) is 0 Å². The summed E-state index contributed by atoms with van der Waals surface area (Å²) in [5.41, 5.74) is 5.29. The van der Waals surface area contributed by atoms with Gasteiger partial charge in [-0.3, -0.25) is 9.97 Å². The van der Waals surface area contributed by atoms with Gasteiger partial charge in [0, 0.05) is 29.1 Å². The van der Waals surface area contributed by atoms with Gasteiger partial charge in [0.15, 0.2) is 5.82 Å². The fourth-order valence-corrected chi connectivity index (χ4v) is 4.90. The molecule has 1 atom stereocenters. The number of rotatable bonds is 5. The lowest BCUT2D eigenvalue weighted by Gasteiger charge is -2.21. The van der Waals surface area contributed by atoms with E-state index in [1.54, 1.807) is 33.2 Å². The number of anilines is 1. The van der Waals surface area contributed by atoms with Gasteiger partial charge in [-0.05, 0) is 76.4 Å². The Morgan fingerprint density at radius 1 is 1.06 bits per heavy atom. The lowest BCUT2D eigenvalue weighted by Crippen LogP contribution is -2.12. The molecule has 4 aromatic rings. The fraction of sp³-hybridized carbons (Fsp3) is 0.259. The van der Waals surface area contributed by atoms with E-state index in [9.17, 15) is 14.2 Å². The Labute approximate surface area is 208 Å². The van der Waals surface area contributed by atoms with Crippen molar-refractivity contribution in [2.24, 2.45) is 0 Å². The van der Waals surface area contributed by atoms with Crippen LogP contribution in [0.4, 0.5) is 14.5 Å². The lowest BCUT2D eigenvalue weighted by molar-refractivity contribution is 0.587. The Morgan fingerprint density at radius 3 is 2.42 bits per heavy atom. The number of nitrogens with zero attached hydrogens (tertiary/aromatic N) is 4. The van der Waals surface area contributed by atoms with Gasteiger partial charge in [0.1, 0.15) is 24.2 Å². The van der Waals surface area contributed by atoms with Gasteiger partial charge in [0.25, 0.3) is 0 Å². The van der Waals surface area contributed by atoms with Crippen LogP contribution in [-0.4, -0.2) is 28.3 Å². The van der Waals surface area contributed by atoms with Gasteiger partial charge >= 0.3 is 0 Å². The van der Waals surface area contributed by atoms with Gasteiger partial charge in [0.2, 0.25) is 0 Å². The molecule has 4 rings (SSSR count). The largest absolute Gasteiger partial charge is 0.376 e. The maximum absolute atomic E-state index is 15.3. The van der Waals surface area contributed by atoms with Crippen LogP contribution in [0.15, 0.2) is 36.5 Å². The van der Waals surface area contributed by atoms with Crippen molar-refractivity contribution in [3.8, 4) is 17.3 Å². The first-order valence-corrected chi connectivity index (χ1v) is 14.0. The number of hydrogen-bond acceptors (Lipinski definition) is 6. The molecule has 0 bridgehead atoms. The zero-order chi connectivity index (χ0) is 26.4. The standard InChI is InChI=1S/C27H26F2N5OP/c1-14-9-24(36(5,6)35)31-13-20(14)26-22(29)11-23-27(34-26)25(15(2)16(3)32-23)33-17(4)19-10-18(12-30)7-8-21(19)28/h7-11,13,17H,1-6H3,(H,32,33)/t17-/m1/s1. The second-order valence-corrected chi connectivity index (χ2v) is 12.5. The molecule has 0 fully saturated rings. The highest BCUT2D eigenvalue weighted by Gasteiger charge is 2.21. The number of nitriles is 1. The van der Waals surface area contributed by atoms with Crippen LogP contribution < -0.4 is 10.8 Å². The van der Waals surface area contributed by atoms with Gasteiger partial charge in [0.05, 0.1) is 34.3 Å². The molecule has 6 nitrogen and oxygen atoms in total. The quantitative estimate of drug-likeness (QED) is 0.325. The molecule has 0 spiro atoms. The maximum Gasteiger partial charge on any atom is 0.151 e. The van der Waals surface area contributed by atoms with Crippen molar-refractivity contribution in [1.29, 1.82) is 5.26 Å². The van der Waals surface area contributed by atoms with E-state index in [1.807, 2.05) is 19.9 Å². The van der Waals surface area contributed by atoms with Crippen molar-refractivity contribution in [1.82, 2.24) is 15.0 Å². The van der Waals surface area contributed by atoms with Crippen LogP contribution in [0.2, 0.25) is 0 Å². The summed E-state index contributed by atoms with van der Waals surface area (Å²) in [6.45, 7) is 10.5. The third kappa shape index (κ3) is 4.72. The normalized spacial score (nSPS) is 12.4. The van der Waals surface area contributed by atoms with Crippen LogP contribution in [0.1, 0.15) is 40.9 Å². The highest BCUT2D eigenvalue weighted by molar-refractivity contribution is 7.69. The van der Waals surface area contributed by atoms with E-state index >= 15 is 4.39 Å². The molecular weight excluding hydrogens is 479 g/mol. The molecule has 0 aliphatic heterocycles. The van der Waals surface area contributed by atoms with Crippen molar-refractivity contribution >= 4 is 29.3 Å². The third-order valence-corrected chi connectivity index (χ3v) is 7.60. The molecule has 9 heteroatoms. The zero-order valence-corrected chi connectivity index (χ0v) is 21.8. The number of pyridine rings is 3. The van der Waals surface area contributed by atoms with Crippen molar-refractivity contribution in [2.75, 3.05) is 18.6 Å². The third-order valence-electron chi connectivity index (χ3n) is 6.25. The number of hydrogen-bond donors (Lipinski definition) is 1. The summed E-state index contributed by atoms with van der Waals surface area (Å²) in [5.74, 6) is -0.994. The second kappa shape index (κ2) is 9.40. The van der Waals surface area contributed by atoms with E-state index in [0.717, 1.165) is 5.56 Å². The minimum atomic E-state index is -2.58. The molecule has 0 aliphatic carbocycles. The van der Waals surface area contributed by atoms with Crippen LogP contribution >= 0.6 is 7.14 Å². The molecule has 36 heavy (non-hydrogen) atoms. The Balaban J connectivity index is 1.88. The molecule has 184 valence electrons. The maximum atomic E-state index is 15.3. The van der Waals surface area contributed by atoms with E-state index in [-0.39, 0.29) is 5.69 Å². The topological polar surface area (TPSA) is 91.6 Å².